The molecule has 4 nitrogen and oxygen atoms in total. The van der Waals surface area contributed by atoms with E-state index < -0.39 is 0 Å². The van der Waals surface area contributed by atoms with Crippen molar-refractivity contribution in [3.63, 3.8) is 0 Å². The van der Waals surface area contributed by atoms with Crippen LogP contribution in [0.3, 0.4) is 0 Å². The van der Waals surface area contributed by atoms with Gasteiger partial charge in [0.1, 0.15) is 0 Å². The third-order valence-corrected chi connectivity index (χ3v) is 5.37. The van der Waals surface area contributed by atoms with E-state index in [1.807, 2.05) is 0 Å². The first-order valence-electron chi connectivity index (χ1n) is 8.66. The second-order valence-corrected chi connectivity index (χ2v) is 7.82. The highest BCUT2D eigenvalue weighted by atomic mass is 16.7. The number of carbonyl (C=O) groups is 1. The molecule has 3 rings (SSSR count). The van der Waals surface area contributed by atoms with Gasteiger partial charge in [-0.3, -0.25) is 4.79 Å². The van der Waals surface area contributed by atoms with Crippen LogP contribution in [0, 0.1) is 0 Å². The summed E-state index contributed by atoms with van der Waals surface area (Å²) in [6.45, 7) is 13.4. The molecule has 0 spiro atoms. The molecule has 2 fully saturated rings. The van der Waals surface area contributed by atoms with E-state index >= 15 is 0 Å². The van der Waals surface area contributed by atoms with Gasteiger partial charge in [0.15, 0.2) is 0 Å². The fraction of sp³-hybridized carbons (Fsp3) is 0.632. The second kappa shape index (κ2) is 6.89. The average molecular weight is 332 g/mol. The molecule has 1 heterocycles. The van der Waals surface area contributed by atoms with Gasteiger partial charge in [-0.1, -0.05) is 31.2 Å². The third kappa shape index (κ3) is 4.01. The first-order valence-corrected chi connectivity index (χ1v) is 8.66. The predicted octanol–water partition coefficient (Wildman–Crippen LogP) is 3.22. The Hall–Kier alpha value is -1.33. The highest BCUT2D eigenvalue weighted by Gasteiger charge is 2.51. The zero-order chi connectivity index (χ0) is 18.0. The van der Waals surface area contributed by atoms with E-state index in [1.165, 1.54) is 18.4 Å². The topological polar surface area (TPSA) is 44.8 Å². The minimum absolute atomic E-state index is 0.244. The summed E-state index contributed by atoms with van der Waals surface area (Å²) >= 11 is 0. The number of benzene rings is 1. The van der Waals surface area contributed by atoms with Crippen molar-refractivity contribution in [2.45, 2.75) is 71.0 Å². The number of carbonyl (C=O) groups excluding carboxylic acids is 1. The summed E-state index contributed by atoms with van der Waals surface area (Å²) in [6.07, 6.45) is 2.62. The number of hydrogen-bond donors (Lipinski definition) is 0. The molecule has 2 aliphatic rings. The minimum atomic E-state index is -0.265. The maximum absolute atomic E-state index is 9.18. The number of hydrogen-bond acceptors (Lipinski definition) is 4. The van der Waals surface area contributed by atoms with Crippen molar-refractivity contribution in [2.24, 2.45) is 0 Å². The zero-order valence-corrected chi connectivity index (χ0v) is 15.7. The molecule has 0 unspecified atom stereocenters. The molecule has 0 amide bonds. The van der Waals surface area contributed by atoms with Crippen LogP contribution in [0.4, 0.5) is 0 Å². The number of rotatable bonds is 4. The second-order valence-electron chi connectivity index (χ2n) is 7.82. The molecular weight excluding hydrogens is 303 g/mol. The molecule has 24 heavy (non-hydrogen) atoms. The van der Waals surface area contributed by atoms with E-state index in [0.29, 0.717) is 18.5 Å². The highest BCUT2D eigenvalue weighted by molar-refractivity contribution is 6.62. The van der Waals surface area contributed by atoms with Crippen molar-refractivity contribution in [1.82, 2.24) is 0 Å². The van der Waals surface area contributed by atoms with Crippen molar-refractivity contribution in [3.8, 4) is 0 Å². The first kappa shape index (κ1) is 19.0. The lowest BCUT2D eigenvalue weighted by Crippen LogP contribution is -2.41. The molecule has 0 atom stereocenters. The van der Waals surface area contributed by atoms with Gasteiger partial charge in [-0.05, 0) is 63.9 Å². The summed E-state index contributed by atoms with van der Waals surface area (Å²) in [7, 11) is -0.244. The van der Waals surface area contributed by atoms with E-state index in [4.69, 9.17) is 9.31 Å². The van der Waals surface area contributed by atoms with Crippen molar-refractivity contribution in [1.29, 1.82) is 0 Å². The van der Waals surface area contributed by atoms with Gasteiger partial charge < -0.3 is 14.0 Å². The van der Waals surface area contributed by atoms with Gasteiger partial charge in [0, 0.05) is 0 Å². The van der Waals surface area contributed by atoms with E-state index in [1.54, 1.807) is 6.92 Å². The fourth-order valence-corrected chi connectivity index (χ4v) is 2.57. The Labute approximate surface area is 146 Å². The van der Waals surface area contributed by atoms with Crippen LogP contribution in [0.15, 0.2) is 24.3 Å². The Morgan fingerprint density at radius 2 is 1.54 bits per heavy atom. The van der Waals surface area contributed by atoms with Crippen LogP contribution in [0.5, 0.6) is 0 Å². The van der Waals surface area contributed by atoms with Crippen LogP contribution >= 0.6 is 0 Å². The molecule has 1 saturated carbocycles. The van der Waals surface area contributed by atoms with Crippen LogP contribution in [0.2, 0.25) is 0 Å². The molecule has 1 aliphatic carbocycles. The molecule has 0 bridgehead atoms. The standard InChI is InChI=1S/C16H23BO2.C3H6O2/c1-14(2)15(3,4)19-17(18-14)13-8-6-12(7-9-13)16(5)10-11-16;1-2-5-3-4/h6-9H,10-11H2,1-5H3;3H,2H2,1H3. The summed E-state index contributed by atoms with van der Waals surface area (Å²) < 4.78 is 16.3. The van der Waals surface area contributed by atoms with Crippen molar-refractivity contribution in [3.05, 3.63) is 29.8 Å². The lowest BCUT2D eigenvalue weighted by Gasteiger charge is -2.32. The van der Waals surface area contributed by atoms with Crippen LogP contribution < -0.4 is 5.46 Å². The van der Waals surface area contributed by atoms with Crippen LogP contribution in [0.25, 0.3) is 0 Å². The van der Waals surface area contributed by atoms with Gasteiger partial charge in [0.2, 0.25) is 0 Å². The molecule has 5 heteroatoms. The molecule has 1 aromatic carbocycles. The predicted molar refractivity (Wildman–Crippen MR) is 96.4 cm³/mol. The van der Waals surface area contributed by atoms with E-state index in [-0.39, 0.29) is 18.3 Å². The quantitative estimate of drug-likeness (QED) is 0.627. The molecule has 1 saturated heterocycles. The molecule has 1 aliphatic heterocycles. The average Bonchev–Trinajstić information content (AvgIpc) is 3.22. The molecule has 0 aromatic heterocycles. The largest absolute Gasteiger partial charge is 0.494 e. The first-order chi connectivity index (χ1) is 11.1. The van der Waals surface area contributed by atoms with Gasteiger partial charge in [-0.15, -0.1) is 0 Å². The fourth-order valence-electron chi connectivity index (χ4n) is 2.57. The van der Waals surface area contributed by atoms with Gasteiger partial charge in [-0.2, -0.15) is 0 Å². The molecule has 132 valence electrons. The lowest BCUT2D eigenvalue weighted by atomic mass is 9.78. The highest BCUT2D eigenvalue weighted by Crippen LogP contribution is 2.47. The van der Waals surface area contributed by atoms with Crippen LogP contribution in [-0.4, -0.2) is 31.4 Å². The summed E-state index contributed by atoms with van der Waals surface area (Å²) in [5, 5.41) is 0. The van der Waals surface area contributed by atoms with Crippen molar-refractivity contribution in [2.75, 3.05) is 6.61 Å². The Morgan fingerprint density at radius 3 is 1.88 bits per heavy atom. The number of ether oxygens (including phenoxy) is 1. The molecule has 0 N–H and O–H groups in total. The normalized spacial score (nSPS) is 22.3. The molecule has 0 radical (unpaired) electrons. The lowest BCUT2D eigenvalue weighted by molar-refractivity contribution is -0.128. The minimum Gasteiger partial charge on any atom is -0.468 e. The van der Waals surface area contributed by atoms with E-state index in [2.05, 4.69) is 63.6 Å². The zero-order valence-electron chi connectivity index (χ0n) is 15.7. The van der Waals surface area contributed by atoms with Crippen LogP contribution in [-0.2, 0) is 24.3 Å². The molecule has 1 aromatic rings. The SMILES string of the molecule is CC1(c2ccc(B3OC(C)(C)C(C)(C)O3)cc2)CC1.CCOC=O. The summed E-state index contributed by atoms with van der Waals surface area (Å²) in [5.74, 6) is 0. The summed E-state index contributed by atoms with van der Waals surface area (Å²) in [6, 6.07) is 8.77. The Balaban J connectivity index is 0.000000368. The van der Waals surface area contributed by atoms with Gasteiger partial charge in [0.05, 0.1) is 17.8 Å². The van der Waals surface area contributed by atoms with E-state index in [9.17, 15) is 4.79 Å². The van der Waals surface area contributed by atoms with Gasteiger partial charge in [0.25, 0.3) is 6.47 Å². The van der Waals surface area contributed by atoms with Gasteiger partial charge >= 0.3 is 7.12 Å². The van der Waals surface area contributed by atoms with Crippen LogP contribution in [0.1, 0.15) is 59.9 Å². The van der Waals surface area contributed by atoms with E-state index in [0.717, 1.165) is 5.46 Å². The monoisotopic (exact) mass is 332 g/mol. The Kier molecular flexibility index (Phi) is 5.45. The Bertz CT molecular complexity index is 545. The summed E-state index contributed by atoms with van der Waals surface area (Å²) in [5.41, 5.74) is 2.45. The smallest absolute Gasteiger partial charge is 0.468 e. The summed E-state index contributed by atoms with van der Waals surface area (Å²) in [4.78, 5) is 9.18. The van der Waals surface area contributed by atoms with Crippen molar-refractivity contribution >= 4 is 19.1 Å². The maximum Gasteiger partial charge on any atom is 0.494 e. The van der Waals surface area contributed by atoms with Gasteiger partial charge in [-0.25, -0.2) is 0 Å². The van der Waals surface area contributed by atoms with Crippen molar-refractivity contribution < 1.29 is 18.8 Å². The third-order valence-electron chi connectivity index (χ3n) is 5.37. The molecular formula is C19H29BO4. The maximum atomic E-state index is 9.18. The Morgan fingerprint density at radius 1 is 1.04 bits per heavy atom.